The van der Waals surface area contributed by atoms with Crippen LogP contribution in [0.5, 0.6) is 0 Å². The van der Waals surface area contributed by atoms with Gasteiger partial charge in [-0.1, -0.05) is 6.07 Å². The lowest BCUT2D eigenvalue weighted by Crippen LogP contribution is -2.29. The van der Waals surface area contributed by atoms with Gasteiger partial charge in [-0.15, -0.1) is 0 Å². The van der Waals surface area contributed by atoms with E-state index in [0.29, 0.717) is 12.0 Å². The summed E-state index contributed by atoms with van der Waals surface area (Å²) in [7, 11) is 0. The van der Waals surface area contributed by atoms with Crippen molar-refractivity contribution in [2.75, 3.05) is 18.0 Å². The molecule has 88 valence electrons. The number of hydrogen-bond acceptors (Lipinski definition) is 2. The highest BCUT2D eigenvalue weighted by atomic mass is 15.2. The van der Waals surface area contributed by atoms with E-state index in [4.69, 9.17) is 5.73 Å². The van der Waals surface area contributed by atoms with Gasteiger partial charge in [-0.3, -0.25) is 0 Å². The Balaban J connectivity index is 2.14. The summed E-state index contributed by atoms with van der Waals surface area (Å²) in [6, 6.07) is 7.09. The Kier molecular flexibility index (Phi) is 3.20. The van der Waals surface area contributed by atoms with Crippen molar-refractivity contribution >= 4 is 5.69 Å². The molecule has 0 radical (unpaired) electrons. The number of aryl methyl sites for hydroxylation is 2. The van der Waals surface area contributed by atoms with Crippen LogP contribution in [0.1, 0.15) is 24.5 Å². The predicted molar refractivity (Wildman–Crippen MR) is 69.9 cm³/mol. The molecule has 0 aliphatic carbocycles. The Hall–Kier alpha value is -1.02. The molecule has 0 bridgehead atoms. The van der Waals surface area contributed by atoms with E-state index in [-0.39, 0.29) is 0 Å². The minimum atomic E-state index is 0.316. The number of anilines is 1. The summed E-state index contributed by atoms with van der Waals surface area (Å²) in [6.07, 6.45) is 1.23. The Labute approximate surface area is 98.4 Å². The molecule has 1 aliphatic rings. The van der Waals surface area contributed by atoms with E-state index >= 15 is 0 Å². The molecule has 2 rings (SSSR count). The molecule has 0 spiro atoms. The highest BCUT2D eigenvalue weighted by Crippen LogP contribution is 2.26. The Bertz CT molecular complexity index is 351. The molecule has 0 saturated carbocycles. The summed E-state index contributed by atoms with van der Waals surface area (Å²) < 4.78 is 0. The van der Waals surface area contributed by atoms with Crippen molar-refractivity contribution in [2.45, 2.75) is 33.2 Å². The highest BCUT2D eigenvalue weighted by molar-refractivity contribution is 5.51. The van der Waals surface area contributed by atoms with Crippen LogP contribution in [0.2, 0.25) is 0 Å². The summed E-state index contributed by atoms with van der Waals surface area (Å²) in [6.45, 7) is 8.70. The third kappa shape index (κ3) is 2.38. The molecule has 1 aliphatic heterocycles. The van der Waals surface area contributed by atoms with E-state index in [0.717, 1.165) is 13.1 Å². The van der Waals surface area contributed by atoms with Gasteiger partial charge in [0.2, 0.25) is 0 Å². The van der Waals surface area contributed by atoms with Gasteiger partial charge in [0, 0.05) is 24.8 Å². The second-order valence-corrected chi connectivity index (χ2v) is 5.20. The molecule has 0 amide bonds. The normalized spacial score (nSPS) is 22.5. The number of rotatable bonds is 2. The van der Waals surface area contributed by atoms with E-state index in [1.54, 1.807) is 0 Å². The fraction of sp³-hybridized carbons (Fsp3) is 0.571. The van der Waals surface area contributed by atoms with E-state index in [2.05, 4.69) is 43.9 Å². The van der Waals surface area contributed by atoms with Crippen molar-refractivity contribution < 1.29 is 0 Å². The van der Waals surface area contributed by atoms with Crippen molar-refractivity contribution in [2.24, 2.45) is 11.7 Å². The first-order valence-corrected chi connectivity index (χ1v) is 6.15. The first kappa shape index (κ1) is 11.5. The Morgan fingerprint density at radius 1 is 1.25 bits per heavy atom. The van der Waals surface area contributed by atoms with Gasteiger partial charge in [0.1, 0.15) is 0 Å². The van der Waals surface area contributed by atoms with Crippen LogP contribution < -0.4 is 10.6 Å². The van der Waals surface area contributed by atoms with Crippen LogP contribution in [0.3, 0.4) is 0 Å². The number of nitrogens with zero attached hydrogens (tertiary/aromatic N) is 1. The number of hydrogen-bond donors (Lipinski definition) is 1. The van der Waals surface area contributed by atoms with Crippen LogP contribution in [0.15, 0.2) is 18.2 Å². The Morgan fingerprint density at radius 3 is 2.38 bits per heavy atom. The number of benzene rings is 1. The monoisotopic (exact) mass is 218 g/mol. The molecule has 2 atom stereocenters. The van der Waals surface area contributed by atoms with Gasteiger partial charge < -0.3 is 10.6 Å². The van der Waals surface area contributed by atoms with Crippen molar-refractivity contribution in [1.82, 2.24) is 0 Å². The van der Waals surface area contributed by atoms with Gasteiger partial charge in [-0.05, 0) is 56.4 Å². The second-order valence-electron chi connectivity index (χ2n) is 5.20. The van der Waals surface area contributed by atoms with Crippen molar-refractivity contribution in [3.63, 3.8) is 0 Å². The fourth-order valence-electron chi connectivity index (χ4n) is 2.58. The molecule has 16 heavy (non-hydrogen) atoms. The average molecular weight is 218 g/mol. The van der Waals surface area contributed by atoms with Gasteiger partial charge in [0.25, 0.3) is 0 Å². The van der Waals surface area contributed by atoms with Crippen molar-refractivity contribution in [3.05, 3.63) is 29.3 Å². The minimum absolute atomic E-state index is 0.316. The maximum absolute atomic E-state index is 5.97. The molecule has 1 aromatic rings. The van der Waals surface area contributed by atoms with Crippen LogP contribution >= 0.6 is 0 Å². The minimum Gasteiger partial charge on any atom is -0.371 e. The van der Waals surface area contributed by atoms with Crippen LogP contribution in [0.25, 0.3) is 0 Å². The summed E-state index contributed by atoms with van der Waals surface area (Å²) >= 11 is 0. The van der Waals surface area contributed by atoms with Crippen molar-refractivity contribution in [3.8, 4) is 0 Å². The average Bonchev–Trinajstić information content (AvgIpc) is 2.64. The predicted octanol–water partition coefficient (Wildman–Crippen LogP) is 2.48. The maximum atomic E-state index is 5.97. The molecule has 2 heteroatoms. The van der Waals surface area contributed by atoms with Crippen LogP contribution in [-0.2, 0) is 0 Å². The first-order valence-electron chi connectivity index (χ1n) is 6.15. The van der Waals surface area contributed by atoms with Gasteiger partial charge >= 0.3 is 0 Å². The molecular weight excluding hydrogens is 196 g/mol. The molecule has 0 aromatic heterocycles. The molecular formula is C14H22N2. The van der Waals surface area contributed by atoms with Gasteiger partial charge in [0.15, 0.2) is 0 Å². The molecule has 2 N–H and O–H groups in total. The smallest absolute Gasteiger partial charge is 0.0371 e. The van der Waals surface area contributed by atoms with Crippen molar-refractivity contribution in [1.29, 1.82) is 0 Å². The topological polar surface area (TPSA) is 29.3 Å². The summed E-state index contributed by atoms with van der Waals surface area (Å²) in [5.74, 6) is 0.654. The molecule has 1 saturated heterocycles. The fourth-order valence-corrected chi connectivity index (χ4v) is 2.58. The lowest BCUT2D eigenvalue weighted by atomic mass is 10.0. The molecule has 1 heterocycles. The van der Waals surface area contributed by atoms with E-state index in [1.807, 2.05) is 0 Å². The molecule has 2 nitrogen and oxygen atoms in total. The second kappa shape index (κ2) is 4.46. The molecule has 1 fully saturated rings. The lowest BCUT2D eigenvalue weighted by Gasteiger charge is -2.21. The van der Waals surface area contributed by atoms with Gasteiger partial charge in [-0.25, -0.2) is 0 Å². The van der Waals surface area contributed by atoms with Crippen LogP contribution in [-0.4, -0.2) is 19.1 Å². The zero-order valence-electron chi connectivity index (χ0n) is 10.5. The van der Waals surface area contributed by atoms with Crippen LogP contribution in [0.4, 0.5) is 5.69 Å². The van der Waals surface area contributed by atoms with E-state index < -0.39 is 0 Å². The summed E-state index contributed by atoms with van der Waals surface area (Å²) in [4.78, 5) is 2.47. The highest BCUT2D eigenvalue weighted by Gasteiger charge is 2.25. The third-order valence-electron chi connectivity index (χ3n) is 3.54. The standard InChI is InChI=1S/C14H22N2/c1-10-6-11(2)8-14(7-10)16-5-4-13(9-16)12(3)15/h6-8,12-13H,4-5,9,15H2,1-3H3. The number of nitrogens with two attached hydrogens (primary N) is 1. The Morgan fingerprint density at radius 2 is 1.88 bits per heavy atom. The largest absolute Gasteiger partial charge is 0.371 e. The third-order valence-corrected chi connectivity index (χ3v) is 3.54. The van der Waals surface area contributed by atoms with E-state index in [9.17, 15) is 0 Å². The van der Waals surface area contributed by atoms with E-state index in [1.165, 1.54) is 23.2 Å². The molecule has 1 aromatic carbocycles. The summed E-state index contributed by atoms with van der Waals surface area (Å²) in [5, 5.41) is 0. The van der Waals surface area contributed by atoms with Gasteiger partial charge in [-0.2, -0.15) is 0 Å². The summed E-state index contributed by atoms with van der Waals surface area (Å²) in [5.41, 5.74) is 10.0. The molecule has 2 unspecified atom stereocenters. The zero-order chi connectivity index (χ0) is 11.7. The first-order chi connectivity index (χ1) is 7.56. The van der Waals surface area contributed by atoms with Gasteiger partial charge in [0.05, 0.1) is 0 Å². The quantitative estimate of drug-likeness (QED) is 0.826. The zero-order valence-corrected chi connectivity index (χ0v) is 10.5. The maximum Gasteiger partial charge on any atom is 0.0371 e. The SMILES string of the molecule is Cc1cc(C)cc(N2CCC(C(C)N)C2)c1. The van der Waals surface area contributed by atoms with Crippen LogP contribution in [0, 0.1) is 19.8 Å². The lowest BCUT2D eigenvalue weighted by molar-refractivity contribution is 0.488.